The molecule has 0 spiro atoms. The molecule has 0 heterocycles. The van der Waals surface area contributed by atoms with E-state index in [0.29, 0.717) is 6.54 Å². The topological polar surface area (TPSA) is 30.8 Å². The molecule has 0 aliphatic heterocycles. The normalized spacial score (nSPS) is 10.2. The molecule has 3 nitrogen and oxygen atoms in total. The van der Waals surface area contributed by atoms with Crippen LogP contribution in [0.25, 0.3) is 0 Å². The zero-order chi connectivity index (χ0) is 17.5. The lowest BCUT2D eigenvalue weighted by atomic mass is 10.0. The molecule has 0 bridgehead atoms. The van der Waals surface area contributed by atoms with Crippen LogP contribution in [-0.2, 0) is 6.54 Å². The van der Waals surface area contributed by atoms with E-state index < -0.39 is 0 Å². The molecule has 0 unspecified atom stereocenters. The Balaban J connectivity index is 1.96. The van der Waals surface area contributed by atoms with Crippen molar-refractivity contribution in [2.24, 2.45) is 4.99 Å². The van der Waals surface area contributed by atoms with Crippen molar-refractivity contribution in [2.45, 2.75) is 6.54 Å². The monoisotopic (exact) mass is 331 g/mol. The van der Waals surface area contributed by atoms with Gasteiger partial charge in [-0.05, 0) is 54.1 Å². The van der Waals surface area contributed by atoms with Gasteiger partial charge in [-0.3, -0.25) is 4.99 Å². The summed E-state index contributed by atoms with van der Waals surface area (Å²) in [6, 6.07) is 26.2. The van der Waals surface area contributed by atoms with Gasteiger partial charge in [-0.2, -0.15) is 0 Å². The highest BCUT2D eigenvalue weighted by molar-refractivity contribution is 6.13. The van der Waals surface area contributed by atoms with E-state index >= 15 is 0 Å². The van der Waals surface area contributed by atoms with Crippen molar-refractivity contribution in [3.05, 3.63) is 95.6 Å². The molecule has 3 aromatic carbocycles. The summed E-state index contributed by atoms with van der Waals surface area (Å²) in [6.07, 6.45) is 0. The van der Waals surface area contributed by atoms with Gasteiger partial charge in [0.15, 0.2) is 0 Å². The zero-order valence-electron chi connectivity index (χ0n) is 14.5. The minimum absolute atomic E-state index is 0.633. The number of aliphatic imine (C=N–C) groups is 1. The predicted octanol–water partition coefficient (Wildman–Crippen LogP) is 4.74. The van der Waals surface area contributed by atoms with E-state index in [2.05, 4.69) is 12.1 Å². The Labute approximate surface area is 148 Å². The van der Waals surface area contributed by atoms with Gasteiger partial charge in [-0.1, -0.05) is 30.3 Å². The lowest BCUT2D eigenvalue weighted by Gasteiger charge is -2.10. The van der Waals surface area contributed by atoms with Crippen LogP contribution in [0.4, 0.5) is 0 Å². The second-order valence-corrected chi connectivity index (χ2v) is 5.61. The number of methoxy groups -OCH3 is 2. The molecule has 0 aliphatic carbocycles. The lowest BCUT2D eigenvalue weighted by molar-refractivity contribution is 0.414. The molecule has 0 aromatic heterocycles. The molecule has 0 atom stereocenters. The Hall–Kier alpha value is -3.07. The molecule has 25 heavy (non-hydrogen) atoms. The van der Waals surface area contributed by atoms with Crippen molar-refractivity contribution in [2.75, 3.05) is 14.2 Å². The molecule has 0 N–H and O–H groups in total. The Bertz CT molecular complexity index is 773. The van der Waals surface area contributed by atoms with Gasteiger partial charge < -0.3 is 9.47 Å². The Kier molecular flexibility index (Phi) is 5.47. The highest BCUT2D eigenvalue weighted by atomic mass is 16.5. The molecule has 0 saturated heterocycles. The molecular weight excluding hydrogens is 310 g/mol. The molecule has 0 aliphatic rings. The summed E-state index contributed by atoms with van der Waals surface area (Å²) in [5, 5.41) is 0. The van der Waals surface area contributed by atoms with Gasteiger partial charge in [0.25, 0.3) is 0 Å². The minimum Gasteiger partial charge on any atom is -0.497 e. The third kappa shape index (κ3) is 4.27. The Morgan fingerprint density at radius 2 is 1.16 bits per heavy atom. The minimum atomic E-state index is 0.633. The third-order valence-electron chi connectivity index (χ3n) is 3.99. The third-order valence-corrected chi connectivity index (χ3v) is 3.99. The fourth-order valence-electron chi connectivity index (χ4n) is 2.60. The number of hydrogen-bond donors (Lipinski definition) is 0. The highest BCUT2D eigenvalue weighted by Gasteiger charge is 2.08. The average Bonchev–Trinajstić information content (AvgIpc) is 2.70. The van der Waals surface area contributed by atoms with Gasteiger partial charge in [0.2, 0.25) is 0 Å². The molecule has 126 valence electrons. The summed E-state index contributed by atoms with van der Waals surface area (Å²) in [5.41, 5.74) is 4.25. The number of rotatable bonds is 6. The van der Waals surface area contributed by atoms with Gasteiger partial charge in [-0.15, -0.1) is 0 Å². The molecule has 3 aromatic rings. The van der Waals surface area contributed by atoms with Gasteiger partial charge in [0, 0.05) is 11.1 Å². The summed E-state index contributed by atoms with van der Waals surface area (Å²) >= 11 is 0. The van der Waals surface area contributed by atoms with E-state index in [1.807, 2.05) is 66.7 Å². The van der Waals surface area contributed by atoms with Crippen LogP contribution in [0.3, 0.4) is 0 Å². The van der Waals surface area contributed by atoms with Crippen molar-refractivity contribution in [3.63, 3.8) is 0 Å². The summed E-state index contributed by atoms with van der Waals surface area (Å²) in [4.78, 5) is 4.88. The van der Waals surface area contributed by atoms with Crippen molar-refractivity contribution in [3.8, 4) is 11.5 Å². The summed E-state index contributed by atoms with van der Waals surface area (Å²) in [5.74, 6) is 1.67. The van der Waals surface area contributed by atoms with Crippen molar-refractivity contribution in [1.82, 2.24) is 0 Å². The number of ether oxygens (including phenoxy) is 2. The first kappa shape index (κ1) is 16.8. The maximum absolute atomic E-state index is 5.26. The second-order valence-electron chi connectivity index (χ2n) is 5.61. The molecule has 3 rings (SSSR count). The quantitative estimate of drug-likeness (QED) is 0.611. The largest absolute Gasteiger partial charge is 0.497 e. The average molecular weight is 331 g/mol. The number of nitrogens with zero attached hydrogens (tertiary/aromatic N) is 1. The van der Waals surface area contributed by atoms with Gasteiger partial charge >= 0.3 is 0 Å². The van der Waals surface area contributed by atoms with Gasteiger partial charge in [-0.25, -0.2) is 0 Å². The molecule has 3 heteroatoms. The zero-order valence-corrected chi connectivity index (χ0v) is 14.5. The van der Waals surface area contributed by atoms with Crippen LogP contribution in [0, 0.1) is 0 Å². The second kappa shape index (κ2) is 8.15. The fraction of sp³-hybridized carbons (Fsp3) is 0.136. The van der Waals surface area contributed by atoms with E-state index in [4.69, 9.17) is 14.5 Å². The molecular formula is C22H21NO2. The van der Waals surface area contributed by atoms with Crippen molar-refractivity contribution in [1.29, 1.82) is 0 Å². The predicted molar refractivity (Wildman–Crippen MR) is 102 cm³/mol. The van der Waals surface area contributed by atoms with Gasteiger partial charge in [0.1, 0.15) is 11.5 Å². The number of benzene rings is 3. The van der Waals surface area contributed by atoms with Crippen LogP contribution < -0.4 is 9.47 Å². The first-order valence-corrected chi connectivity index (χ1v) is 8.17. The smallest absolute Gasteiger partial charge is 0.118 e. The van der Waals surface area contributed by atoms with E-state index in [-0.39, 0.29) is 0 Å². The van der Waals surface area contributed by atoms with Crippen LogP contribution in [0.2, 0.25) is 0 Å². The van der Waals surface area contributed by atoms with Crippen LogP contribution in [-0.4, -0.2) is 19.9 Å². The van der Waals surface area contributed by atoms with E-state index in [0.717, 1.165) is 28.3 Å². The van der Waals surface area contributed by atoms with E-state index in [1.165, 1.54) is 5.56 Å². The molecule has 0 radical (unpaired) electrons. The summed E-state index contributed by atoms with van der Waals surface area (Å²) in [6.45, 7) is 0.633. The Morgan fingerprint density at radius 3 is 1.60 bits per heavy atom. The molecule has 0 amide bonds. The van der Waals surface area contributed by atoms with Crippen LogP contribution >= 0.6 is 0 Å². The number of hydrogen-bond acceptors (Lipinski definition) is 3. The fourth-order valence-corrected chi connectivity index (χ4v) is 2.60. The first-order chi connectivity index (χ1) is 12.3. The standard InChI is InChI=1S/C22H21NO2/c1-24-20-12-8-18(9-13-20)22(19-10-14-21(25-2)15-11-19)23-16-17-6-4-3-5-7-17/h3-15H,16H2,1-2H3. The van der Waals surface area contributed by atoms with E-state index in [9.17, 15) is 0 Å². The lowest BCUT2D eigenvalue weighted by Crippen LogP contribution is -2.04. The van der Waals surface area contributed by atoms with Crippen LogP contribution in [0.5, 0.6) is 11.5 Å². The van der Waals surface area contributed by atoms with Gasteiger partial charge in [0.05, 0.1) is 26.5 Å². The van der Waals surface area contributed by atoms with Crippen molar-refractivity contribution >= 4 is 5.71 Å². The maximum atomic E-state index is 5.26. The van der Waals surface area contributed by atoms with Crippen LogP contribution in [0.1, 0.15) is 16.7 Å². The molecule has 0 fully saturated rings. The Morgan fingerprint density at radius 1 is 0.680 bits per heavy atom. The molecule has 0 saturated carbocycles. The van der Waals surface area contributed by atoms with Crippen molar-refractivity contribution < 1.29 is 9.47 Å². The summed E-state index contributed by atoms with van der Waals surface area (Å²) < 4.78 is 10.5. The summed E-state index contributed by atoms with van der Waals surface area (Å²) in [7, 11) is 3.34. The van der Waals surface area contributed by atoms with Crippen LogP contribution in [0.15, 0.2) is 83.9 Å². The highest BCUT2D eigenvalue weighted by Crippen LogP contribution is 2.19. The van der Waals surface area contributed by atoms with E-state index in [1.54, 1.807) is 14.2 Å². The maximum Gasteiger partial charge on any atom is 0.118 e. The SMILES string of the molecule is COc1ccc(C(=NCc2ccccc2)c2ccc(OC)cc2)cc1. The first-order valence-electron chi connectivity index (χ1n) is 8.17.